The van der Waals surface area contributed by atoms with Crippen molar-refractivity contribution in [1.29, 1.82) is 5.26 Å². The van der Waals surface area contributed by atoms with E-state index in [-0.39, 0.29) is 0 Å². The molecule has 0 fully saturated rings. The second-order valence-corrected chi connectivity index (χ2v) is 5.39. The minimum Gasteiger partial charge on any atom is -0.237 e. The summed E-state index contributed by atoms with van der Waals surface area (Å²) in [6, 6.07) is 11.5. The maximum absolute atomic E-state index is 8.84. The summed E-state index contributed by atoms with van der Waals surface area (Å²) in [5.74, 6) is 1.19. The highest BCUT2D eigenvalue weighted by molar-refractivity contribution is 5.56. The number of nitrogens with zero attached hydrogens (tertiary/aromatic N) is 3. The van der Waals surface area contributed by atoms with E-state index >= 15 is 0 Å². The molecule has 0 spiro atoms. The number of aromatic nitrogens is 2. The van der Waals surface area contributed by atoms with E-state index in [4.69, 9.17) is 5.26 Å². The van der Waals surface area contributed by atoms with Crippen LogP contribution in [0.1, 0.15) is 56.7 Å². The van der Waals surface area contributed by atoms with Gasteiger partial charge in [-0.15, -0.1) is 0 Å². The van der Waals surface area contributed by atoms with Gasteiger partial charge in [0.1, 0.15) is 0 Å². The first-order valence-electron chi connectivity index (χ1n) is 7.58. The van der Waals surface area contributed by atoms with Gasteiger partial charge >= 0.3 is 0 Å². The first-order valence-corrected chi connectivity index (χ1v) is 7.58. The molecule has 1 aromatic heterocycles. The molecule has 0 aliphatic carbocycles. The van der Waals surface area contributed by atoms with Gasteiger partial charge in [0.2, 0.25) is 0 Å². The van der Waals surface area contributed by atoms with Gasteiger partial charge in [-0.25, -0.2) is 9.97 Å². The van der Waals surface area contributed by atoms with Crippen LogP contribution in [0.25, 0.3) is 11.4 Å². The summed E-state index contributed by atoms with van der Waals surface area (Å²) in [5, 5.41) is 8.84. The van der Waals surface area contributed by atoms with Crippen LogP contribution < -0.4 is 0 Å². The quantitative estimate of drug-likeness (QED) is 0.720. The van der Waals surface area contributed by atoms with Crippen LogP contribution >= 0.6 is 0 Å². The third-order valence-corrected chi connectivity index (χ3v) is 3.69. The topological polar surface area (TPSA) is 49.6 Å². The Kier molecular flexibility index (Phi) is 5.45. The summed E-state index contributed by atoms with van der Waals surface area (Å²) < 4.78 is 0. The standard InChI is InChI=1S/C18H21N3/c1-3-4-5-6-14(2)17-11-12-20-18(21-17)16-9-7-15(13-19)8-10-16/h7-12,14H,3-6H2,1-2H3. The zero-order chi connectivity index (χ0) is 15.1. The molecule has 1 heterocycles. The predicted molar refractivity (Wildman–Crippen MR) is 84.7 cm³/mol. The Morgan fingerprint density at radius 3 is 2.57 bits per heavy atom. The van der Waals surface area contributed by atoms with Crippen molar-refractivity contribution in [2.75, 3.05) is 0 Å². The van der Waals surface area contributed by atoms with E-state index in [1.807, 2.05) is 24.4 Å². The monoisotopic (exact) mass is 279 g/mol. The molecule has 0 N–H and O–H groups in total. The largest absolute Gasteiger partial charge is 0.237 e. The lowest BCUT2D eigenvalue weighted by Gasteiger charge is -2.11. The SMILES string of the molecule is CCCCCC(C)c1ccnc(-c2ccc(C#N)cc2)n1. The van der Waals surface area contributed by atoms with Gasteiger partial charge in [-0.1, -0.05) is 33.1 Å². The average molecular weight is 279 g/mol. The highest BCUT2D eigenvalue weighted by atomic mass is 14.9. The van der Waals surface area contributed by atoms with Gasteiger partial charge < -0.3 is 0 Å². The lowest BCUT2D eigenvalue weighted by molar-refractivity contribution is 0.587. The second-order valence-electron chi connectivity index (χ2n) is 5.39. The van der Waals surface area contributed by atoms with Crippen LogP contribution in [-0.2, 0) is 0 Å². The van der Waals surface area contributed by atoms with Crippen molar-refractivity contribution in [2.45, 2.75) is 45.4 Å². The summed E-state index contributed by atoms with van der Waals surface area (Å²) in [5.41, 5.74) is 2.71. The van der Waals surface area contributed by atoms with Gasteiger partial charge in [-0.3, -0.25) is 0 Å². The van der Waals surface area contributed by atoms with Crippen LogP contribution in [0.15, 0.2) is 36.5 Å². The lowest BCUT2D eigenvalue weighted by Crippen LogP contribution is -2.00. The van der Waals surface area contributed by atoms with Crippen LogP contribution in [0, 0.1) is 11.3 Å². The van der Waals surface area contributed by atoms with Crippen LogP contribution in [-0.4, -0.2) is 9.97 Å². The summed E-state index contributed by atoms with van der Waals surface area (Å²) in [7, 11) is 0. The van der Waals surface area contributed by atoms with Gasteiger partial charge in [-0.2, -0.15) is 5.26 Å². The fourth-order valence-electron chi connectivity index (χ4n) is 2.33. The molecule has 3 heteroatoms. The minimum atomic E-state index is 0.455. The van der Waals surface area contributed by atoms with E-state index in [9.17, 15) is 0 Å². The van der Waals surface area contributed by atoms with Gasteiger partial charge in [-0.05, 0) is 42.7 Å². The Morgan fingerprint density at radius 1 is 1.14 bits per heavy atom. The van der Waals surface area contributed by atoms with Gasteiger partial charge in [0.15, 0.2) is 5.82 Å². The first-order chi connectivity index (χ1) is 10.2. The fourth-order valence-corrected chi connectivity index (χ4v) is 2.33. The van der Waals surface area contributed by atoms with Crippen LogP contribution in [0.2, 0.25) is 0 Å². The first kappa shape index (κ1) is 15.2. The molecule has 0 bridgehead atoms. The lowest BCUT2D eigenvalue weighted by atomic mass is 9.99. The molecule has 0 saturated heterocycles. The average Bonchev–Trinajstić information content (AvgIpc) is 2.55. The Labute approximate surface area is 126 Å². The summed E-state index contributed by atoms with van der Waals surface area (Å²) in [6.07, 6.45) is 6.75. The van der Waals surface area contributed by atoms with E-state index in [0.29, 0.717) is 11.5 Å². The molecular weight excluding hydrogens is 258 g/mol. The summed E-state index contributed by atoms with van der Waals surface area (Å²) in [4.78, 5) is 9.03. The molecule has 1 atom stereocenters. The molecule has 0 aliphatic heterocycles. The Bertz CT molecular complexity index is 611. The molecule has 108 valence electrons. The predicted octanol–water partition coefficient (Wildman–Crippen LogP) is 4.70. The fraction of sp³-hybridized carbons (Fsp3) is 0.389. The van der Waals surface area contributed by atoms with Crippen molar-refractivity contribution in [2.24, 2.45) is 0 Å². The molecule has 0 radical (unpaired) electrons. The Morgan fingerprint density at radius 2 is 1.90 bits per heavy atom. The number of hydrogen-bond donors (Lipinski definition) is 0. The highest BCUT2D eigenvalue weighted by Crippen LogP contribution is 2.22. The van der Waals surface area contributed by atoms with Gasteiger partial charge in [0.25, 0.3) is 0 Å². The van der Waals surface area contributed by atoms with Crippen molar-refractivity contribution >= 4 is 0 Å². The molecule has 2 rings (SSSR count). The molecule has 0 aliphatic rings. The maximum atomic E-state index is 8.84. The van der Waals surface area contributed by atoms with Crippen molar-refractivity contribution in [3.63, 3.8) is 0 Å². The molecule has 0 amide bonds. The van der Waals surface area contributed by atoms with Crippen LogP contribution in [0.5, 0.6) is 0 Å². The number of unbranched alkanes of at least 4 members (excludes halogenated alkanes) is 2. The van der Waals surface area contributed by atoms with Crippen LogP contribution in [0.4, 0.5) is 0 Å². The molecule has 1 unspecified atom stereocenters. The molecule has 1 aromatic carbocycles. The third-order valence-electron chi connectivity index (χ3n) is 3.69. The zero-order valence-corrected chi connectivity index (χ0v) is 12.7. The molecule has 0 saturated carbocycles. The number of rotatable bonds is 6. The van der Waals surface area contributed by atoms with E-state index in [1.165, 1.54) is 19.3 Å². The van der Waals surface area contributed by atoms with E-state index in [1.54, 1.807) is 12.1 Å². The molecule has 2 aromatic rings. The number of benzene rings is 1. The van der Waals surface area contributed by atoms with Gasteiger partial charge in [0, 0.05) is 17.5 Å². The highest BCUT2D eigenvalue weighted by Gasteiger charge is 2.09. The van der Waals surface area contributed by atoms with E-state index < -0.39 is 0 Å². The Hall–Kier alpha value is -2.21. The second kappa shape index (κ2) is 7.54. The smallest absolute Gasteiger partial charge is 0.159 e. The number of nitriles is 1. The molecular formula is C18H21N3. The summed E-state index contributed by atoms with van der Waals surface area (Å²) in [6.45, 7) is 4.44. The van der Waals surface area contributed by atoms with Gasteiger partial charge in [0.05, 0.1) is 11.6 Å². The van der Waals surface area contributed by atoms with Crippen molar-refractivity contribution in [3.05, 3.63) is 47.8 Å². The molecule has 21 heavy (non-hydrogen) atoms. The number of hydrogen-bond acceptors (Lipinski definition) is 3. The normalized spacial score (nSPS) is 11.9. The zero-order valence-electron chi connectivity index (χ0n) is 12.7. The molecule has 3 nitrogen and oxygen atoms in total. The summed E-state index contributed by atoms with van der Waals surface area (Å²) >= 11 is 0. The Balaban J connectivity index is 2.14. The van der Waals surface area contributed by atoms with E-state index in [0.717, 1.165) is 23.5 Å². The third kappa shape index (κ3) is 4.13. The minimum absolute atomic E-state index is 0.455. The van der Waals surface area contributed by atoms with Crippen molar-refractivity contribution in [3.8, 4) is 17.5 Å². The van der Waals surface area contributed by atoms with Crippen molar-refractivity contribution < 1.29 is 0 Å². The van der Waals surface area contributed by atoms with Crippen LogP contribution in [0.3, 0.4) is 0 Å². The van der Waals surface area contributed by atoms with Crippen molar-refractivity contribution in [1.82, 2.24) is 9.97 Å². The maximum Gasteiger partial charge on any atom is 0.159 e. The van der Waals surface area contributed by atoms with E-state index in [2.05, 4.69) is 29.9 Å².